The normalized spacial score (nSPS) is 30.6. The minimum atomic E-state index is -0.497. The first kappa shape index (κ1) is 19.4. The van der Waals surface area contributed by atoms with Gasteiger partial charge in [0.05, 0.1) is 13.2 Å². The van der Waals surface area contributed by atoms with E-state index in [0.29, 0.717) is 39.1 Å². The summed E-state index contributed by atoms with van der Waals surface area (Å²) in [5, 5.41) is 0. The van der Waals surface area contributed by atoms with Crippen LogP contribution in [-0.4, -0.2) is 72.2 Å². The van der Waals surface area contributed by atoms with E-state index in [0.717, 1.165) is 25.8 Å². The molecule has 3 heterocycles. The molecule has 3 atom stereocenters. The lowest BCUT2D eigenvalue weighted by Crippen LogP contribution is -2.51. The van der Waals surface area contributed by atoms with Crippen molar-refractivity contribution < 1.29 is 19.1 Å². The van der Waals surface area contributed by atoms with Crippen LogP contribution in [0.2, 0.25) is 0 Å². The molecule has 3 fully saturated rings. The molecule has 1 unspecified atom stereocenters. The van der Waals surface area contributed by atoms with Crippen molar-refractivity contribution in [3.05, 3.63) is 35.9 Å². The summed E-state index contributed by atoms with van der Waals surface area (Å²) < 4.78 is 11.3. The molecule has 1 aromatic rings. The average Bonchev–Trinajstić information content (AvgIpc) is 3.35. The molecule has 3 aliphatic heterocycles. The highest BCUT2D eigenvalue weighted by atomic mass is 16.5. The van der Waals surface area contributed by atoms with Crippen LogP contribution in [0.5, 0.6) is 0 Å². The molecule has 28 heavy (non-hydrogen) atoms. The van der Waals surface area contributed by atoms with E-state index in [1.54, 1.807) is 4.90 Å². The van der Waals surface area contributed by atoms with E-state index in [-0.39, 0.29) is 17.4 Å². The van der Waals surface area contributed by atoms with E-state index in [1.165, 1.54) is 5.56 Å². The lowest BCUT2D eigenvalue weighted by molar-refractivity contribution is -0.154. The smallest absolute Gasteiger partial charge is 0.252 e. The minimum Gasteiger partial charge on any atom is -0.378 e. The quantitative estimate of drug-likeness (QED) is 0.794. The molecular weight excluding hydrogens is 356 g/mol. The van der Waals surface area contributed by atoms with Gasteiger partial charge in [-0.05, 0) is 44.6 Å². The standard InChI is InChI=1S/C22H30N2O4/c1-22(16-17-6-3-2-4-7-17)10-5-11-24(22)21(26)19-9-8-18(28-19)20(25)23-12-14-27-15-13-23/h2-4,6-7,18-19H,5,8-16H2,1H3/t18-,19+,22?/m1/s1. The molecule has 0 radical (unpaired) electrons. The SMILES string of the molecule is CC1(Cc2ccccc2)CCCN1C(=O)[C@@H]1CC[C@H](C(=O)N2CCOCC2)O1. The Bertz CT molecular complexity index is 704. The predicted octanol–water partition coefficient (Wildman–Crippen LogP) is 2.02. The van der Waals surface area contributed by atoms with Gasteiger partial charge in [-0.1, -0.05) is 30.3 Å². The molecule has 0 aromatic heterocycles. The van der Waals surface area contributed by atoms with Crippen molar-refractivity contribution in [1.29, 1.82) is 0 Å². The van der Waals surface area contributed by atoms with E-state index in [4.69, 9.17) is 9.47 Å². The van der Waals surface area contributed by atoms with Gasteiger partial charge in [0.15, 0.2) is 0 Å². The van der Waals surface area contributed by atoms with Gasteiger partial charge in [0.1, 0.15) is 12.2 Å². The van der Waals surface area contributed by atoms with E-state index >= 15 is 0 Å². The van der Waals surface area contributed by atoms with Crippen molar-refractivity contribution in [2.24, 2.45) is 0 Å². The monoisotopic (exact) mass is 386 g/mol. The number of likely N-dealkylation sites (tertiary alicyclic amines) is 1. The van der Waals surface area contributed by atoms with Crippen LogP contribution in [0.25, 0.3) is 0 Å². The highest BCUT2D eigenvalue weighted by Gasteiger charge is 2.45. The van der Waals surface area contributed by atoms with Gasteiger partial charge in [-0.2, -0.15) is 0 Å². The molecule has 0 N–H and O–H groups in total. The number of morpholine rings is 1. The predicted molar refractivity (Wildman–Crippen MR) is 105 cm³/mol. The second-order valence-corrected chi connectivity index (χ2v) is 8.38. The summed E-state index contributed by atoms with van der Waals surface area (Å²) in [5.41, 5.74) is 1.06. The van der Waals surface area contributed by atoms with Gasteiger partial charge in [0.25, 0.3) is 11.8 Å². The summed E-state index contributed by atoms with van der Waals surface area (Å²) in [7, 11) is 0. The van der Waals surface area contributed by atoms with Crippen LogP contribution in [0.15, 0.2) is 30.3 Å². The summed E-state index contributed by atoms with van der Waals surface area (Å²) in [6, 6.07) is 10.3. The lowest BCUT2D eigenvalue weighted by atomic mass is 9.90. The fraction of sp³-hybridized carbons (Fsp3) is 0.636. The zero-order valence-corrected chi connectivity index (χ0v) is 16.6. The van der Waals surface area contributed by atoms with Crippen molar-refractivity contribution >= 4 is 11.8 Å². The average molecular weight is 386 g/mol. The van der Waals surface area contributed by atoms with E-state index in [9.17, 15) is 9.59 Å². The van der Waals surface area contributed by atoms with E-state index in [2.05, 4.69) is 19.1 Å². The number of hydrogen-bond donors (Lipinski definition) is 0. The fourth-order valence-electron chi connectivity index (χ4n) is 4.78. The Balaban J connectivity index is 1.39. The van der Waals surface area contributed by atoms with Crippen molar-refractivity contribution in [2.75, 3.05) is 32.8 Å². The summed E-state index contributed by atoms with van der Waals surface area (Å²) >= 11 is 0. The van der Waals surface area contributed by atoms with Crippen LogP contribution in [0, 0.1) is 0 Å². The Hall–Kier alpha value is -1.92. The maximum Gasteiger partial charge on any atom is 0.252 e. The highest BCUT2D eigenvalue weighted by Crippen LogP contribution is 2.35. The van der Waals surface area contributed by atoms with Gasteiger partial charge in [0, 0.05) is 25.2 Å². The van der Waals surface area contributed by atoms with Gasteiger partial charge >= 0.3 is 0 Å². The molecule has 4 rings (SSSR count). The van der Waals surface area contributed by atoms with Crippen LogP contribution < -0.4 is 0 Å². The Labute approximate surface area is 166 Å². The zero-order chi connectivity index (χ0) is 19.6. The molecule has 6 heteroatoms. The van der Waals surface area contributed by atoms with Crippen LogP contribution >= 0.6 is 0 Å². The Morgan fingerprint density at radius 1 is 1.04 bits per heavy atom. The molecule has 1 aromatic carbocycles. The largest absolute Gasteiger partial charge is 0.378 e. The number of carbonyl (C=O) groups excluding carboxylic acids is 2. The van der Waals surface area contributed by atoms with Gasteiger partial charge < -0.3 is 19.3 Å². The number of ether oxygens (including phenoxy) is 2. The number of nitrogens with zero attached hydrogens (tertiary/aromatic N) is 2. The Kier molecular flexibility index (Phi) is 5.69. The first-order valence-electron chi connectivity index (χ1n) is 10.4. The van der Waals surface area contributed by atoms with Crippen molar-refractivity contribution in [1.82, 2.24) is 9.80 Å². The Morgan fingerprint density at radius 3 is 2.43 bits per heavy atom. The second kappa shape index (κ2) is 8.21. The molecule has 0 aliphatic carbocycles. The fourth-order valence-corrected chi connectivity index (χ4v) is 4.78. The lowest BCUT2D eigenvalue weighted by Gasteiger charge is -2.37. The van der Waals surface area contributed by atoms with Gasteiger partial charge in [-0.3, -0.25) is 9.59 Å². The number of rotatable bonds is 4. The zero-order valence-electron chi connectivity index (χ0n) is 16.6. The summed E-state index contributed by atoms with van der Waals surface area (Å²) in [6.07, 6.45) is 3.11. The highest BCUT2D eigenvalue weighted by molar-refractivity contribution is 5.85. The molecule has 152 valence electrons. The van der Waals surface area contributed by atoms with Gasteiger partial charge in [-0.15, -0.1) is 0 Å². The molecule has 3 aliphatic rings. The third-order valence-electron chi connectivity index (χ3n) is 6.34. The number of carbonyl (C=O) groups is 2. The van der Waals surface area contributed by atoms with Crippen molar-refractivity contribution in [3.63, 3.8) is 0 Å². The maximum absolute atomic E-state index is 13.3. The van der Waals surface area contributed by atoms with Crippen LogP contribution in [0.4, 0.5) is 0 Å². The molecular formula is C22H30N2O4. The van der Waals surface area contributed by atoms with Crippen LogP contribution in [-0.2, 0) is 25.5 Å². The molecule has 0 saturated carbocycles. The summed E-state index contributed by atoms with van der Waals surface area (Å²) in [6.45, 7) is 5.32. The summed E-state index contributed by atoms with van der Waals surface area (Å²) in [4.78, 5) is 29.7. The molecule has 2 amide bonds. The molecule has 3 saturated heterocycles. The van der Waals surface area contributed by atoms with Crippen LogP contribution in [0.1, 0.15) is 38.2 Å². The van der Waals surface area contributed by atoms with E-state index in [1.807, 2.05) is 23.1 Å². The minimum absolute atomic E-state index is 0.00655. The topological polar surface area (TPSA) is 59.1 Å². The van der Waals surface area contributed by atoms with Crippen molar-refractivity contribution in [3.8, 4) is 0 Å². The molecule has 6 nitrogen and oxygen atoms in total. The first-order valence-corrected chi connectivity index (χ1v) is 10.4. The number of hydrogen-bond acceptors (Lipinski definition) is 4. The first-order chi connectivity index (χ1) is 13.6. The van der Waals surface area contributed by atoms with E-state index < -0.39 is 12.2 Å². The number of benzene rings is 1. The third-order valence-corrected chi connectivity index (χ3v) is 6.34. The van der Waals surface area contributed by atoms with Gasteiger partial charge in [-0.25, -0.2) is 0 Å². The number of amides is 2. The molecule has 0 bridgehead atoms. The van der Waals surface area contributed by atoms with Crippen molar-refractivity contribution in [2.45, 2.75) is 56.8 Å². The summed E-state index contributed by atoms with van der Waals surface area (Å²) in [5.74, 6) is 0.0558. The Morgan fingerprint density at radius 2 is 1.71 bits per heavy atom. The second-order valence-electron chi connectivity index (χ2n) is 8.38. The van der Waals surface area contributed by atoms with Gasteiger partial charge in [0.2, 0.25) is 0 Å². The maximum atomic E-state index is 13.3. The molecule has 0 spiro atoms. The van der Waals surface area contributed by atoms with Crippen LogP contribution in [0.3, 0.4) is 0 Å². The third kappa shape index (κ3) is 3.94.